The molecular formula is C15H20F2N2O3. The van der Waals surface area contributed by atoms with Gasteiger partial charge in [0.25, 0.3) is 0 Å². The first-order valence-electron chi connectivity index (χ1n) is 7.24. The number of benzene rings is 1. The number of aliphatic hydroxyl groups excluding tert-OH is 1. The van der Waals surface area contributed by atoms with Crippen LogP contribution in [-0.4, -0.2) is 41.8 Å². The third kappa shape index (κ3) is 4.56. The average molecular weight is 314 g/mol. The fourth-order valence-corrected chi connectivity index (χ4v) is 2.54. The zero-order valence-corrected chi connectivity index (χ0v) is 12.3. The quantitative estimate of drug-likeness (QED) is 0.898. The Kier molecular flexibility index (Phi) is 5.54. The standard InChI is InChI=1S/C15H20F2N2O3/c1-10(20)11-5-7-19(8-6-11)15(21)18-12-3-2-4-13(9-12)22-14(16)17/h2-4,9-11,14,20H,5-8H2,1H3,(H,18,21). The monoisotopic (exact) mass is 314 g/mol. The Morgan fingerprint density at radius 3 is 2.68 bits per heavy atom. The summed E-state index contributed by atoms with van der Waals surface area (Å²) in [7, 11) is 0. The van der Waals surface area contributed by atoms with Crippen LogP contribution in [0.1, 0.15) is 19.8 Å². The SMILES string of the molecule is CC(O)C1CCN(C(=O)Nc2cccc(OC(F)F)c2)CC1. The molecule has 1 unspecified atom stereocenters. The normalized spacial score (nSPS) is 17.4. The summed E-state index contributed by atoms with van der Waals surface area (Å²) < 4.78 is 28.6. The van der Waals surface area contributed by atoms with Crippen LogP contribution in [0.2, 0.25) is 0 Å². The van der Waals surface area contributed by atoms with E-state index in [4.69, 9.17) is 0 Å². The molecule has 1 saturated heterocycles. The van der Waals surface area contributed by atoms with Crippen molar-refractivity contribution in [1.29, 1.82) is 0 Å². The zero-order chi connectivity index (χ0) is 16.1. The highest BCUT2D eigenvalue weighted by Gasteiger charge is 2.25. The van der Waals surface area contributed by atoms with Gasteiger partial charge in [-0.1, -0.05) is 6.07 Å². The van der Waals surface area contributed by atoms with Crippen molar-refractivity contribution in [3.63, 3.8) is 0 Å². The minimum Gasteiger partial charge on any atom is -0.435 e. The van der Waals surface area contributed by atoms with Gasteiger partial charge in [-0.15, -0.1) is 0 Å². The van der Waals surface area contributed by atoms with Crippen LogP contribution in [0, 0.1) is 5.92 Å². The predicted octanol–water partition coefficient (Wildman–Crippen LogP) is 2.91. The van der Waals surface area contributed by atoms with Crippen molar-refractivity contribution in [2.75, 3.05) is 18.4 Å². The molecule has 22 heavy (non-hydrogen) atoms. The van der Waals surface area contributed by atoms with E-state index in [-0.39, 0.29) is 23.8 Å². The number of carbonyl (C=O) groups excluding carboxylic acids is 1. The van der Waals surface area contributed by atoms with Crippen molar-refractivity contribution in [3.8, 4) is 5.75 Å². The molecule has 2 amide bonds. The number of urea groups is 1. The lowest BCUT2D eigenvalue weighted by molar-refractivity contribution is -0.0498. The van der Waals surface area contributed by atoms with E-state index in [0.29, 0.717) is 18.8 Å². The van der Waals surface area contributed by atoms with Gasteiger partial charge >= 0.3 is 12.6 Å². The Morgan fingerprint density at radius 2 is 2.09 bits per heavy atom. The predicted molar refractivity (Wildman–Crippen MR) is 78.1 cm³/mol. The van der Waals surface area contributed by atoms with Gasteiger partial charge in [0.15, 0.2) is 0 Å². The lowest BCUT2D eigenvalue weighted by Crippen LogP contribution is -2.42. The number of ether oxygens (including phenoxy) is 1. The van der Waals surface area contributed by atoms with E-state index in [9.17, 15) is 18.7 Å². The topological polar surface area (TPSA) is 61.8 Å². The fourth-order valence-electron chi connectivity index (χ4n) is 2.54. The smallest absolute Gasteiger partial charge is 0.387 e. The molecule has 1 heterocycles. The summed E-state index contributed by atoms with van der Waals surface area (Å²) in [4.78, 5) is 13.8. The summed E-state index contributed by atoms with van der Waals surface area (Å²) >= 11 is 0. The summed E-state index contributed by atoms with van der Waals surface area (Å²) in [6, 6.07) is 5.62. The number of hydrogen-bond donors (Lipinski definition) is 2. The maximum atomic E-state index is 12.2. The first-order chi connectivity index (χ1) is 10.5. The number of alkyl halides is 2. The van der Waals surface area contributed by atoms with E-state index in [1.165, 1.54) is 18.2 Å². The molecule has 0 spiro atoms. The largest absolute Gasteiger partial charge is 0.435 e. The highest BCUT2D eigenvalue weighted by molar-refractivity contribution is 5.89. The maximum Gasteiger partial charge on any atom is 0.387 e. The Labute approximate surface area is 127 Å². The lowest BCUT2D eigenvalue weighted by atomic mass is 9.92. The van der Waals surface area contributed by atoms with Crippen LogP contribution < -0.4 is 10.1 Å². The van der Waals surface area contributed by atoms with Crippen LogP contribution in [0.5, 0.6) is 5.75 Å². The second-order valence-corrected chi connectivity index (χ2v) is 5.40. The van der Waals surface area contributed by atoms with Gasteiger partial charge in [-0.25, -0.2) is 4.79 Å². The van der Waals surface area contributed by atoms with Gasteiger partial charge in [-0.2, -0.15) is 8.78 Å². The van der Waals surface area contributed by atoms with E-state index in [0.717, 1.165) is 12.8 Å². The highest BCUT2D eigenvalue weighted by atomic mass is 19.3. The number of rotatable bonds is 4. The number of piperidine rings is 1. The summed E-state index contributed by atoms with van der Waals surface area (Å²) in [6.45, 7) is -0.0107. The minimum atomic E-state index is -2.90. The Balaban J connectivity index is 1.90. The number of nitrogens with one attached hydrogen (secondary N) is 1. The second kappa shape index (κ2) is 7.40. The number of hydrogen-bond acceptors (Lipinski definition) is 3. The molecule has 2 rings (SSSR count). The van der Waals surface area contributed by atoms with Crippen LogP contribution in [0.4, 0.5) is 19.3 Å². The van der Waals surface area contributed by atoms with Gasteiger partial charge in [0.2, 0.25) is 0 Å². The summed E-state index contributed by atoms with van der Waals surface area (Å²) in [5.41, 5.74) is 0.404. The number of amides is 2. The van der Waals surface area contributed by atoms with Crippen molar-refractivity contribution in [1.82, 2.24) is 4.90 Å². The van der Waals surface area contributed by atoms with Crippen LogP contribution in [0.25, 0.3) is 0 Å². The van der Waals surface area contributed by atoms with Crippen LogP contribution >= 0.6 is 0 Å². The molecule has 5 nitrogen and oxygen atoms in total. The van der Waals surface area contributed by atoms with Crippen molar-refractivity contribution < 1.29 is 23.4 Å². The second-order valence-electron chi connectivity index (χ2n) is 5.40. The van der Waals surface area contributed by atoms with E-state index in [2.05, 4.69) is 10.1 Å². The zero-order valence-electron chi connectivity index (χ0n) is 12.3. The summed E-state index contributed by atoms with van der Waals surface area (Å²) in [5, 5.41) is 12.2. The van der Waals surface area contributed by atoms with Crippen LogP contribution in [-0.2, 0) is 0 Å². The molecule has 0 saturated carbocycles. The van der Waals surface area contributed by atoms with Crippen molar-refractivity contribution >= 4 is 11.7 Å². The molecule has 1 fully saturated rings. The Hall–Kier alpha value is -1.89. The molecule has 1 aromatic carbocycles. The molecule has 0 bridgehead atoms. The summed E-state index contributed by atoms with van der Waals surface area (Å²) in [5.74, 6) is 0.215. The first kappa shape index (κ1) is 16.5. The third-order valence-corrected chi connectivity index (χ3v) is 3.82. The maximum absolute atomic E-state index is 12.2. The average Bonchev–Trinajstić information content (AvgIpc) is 2.47. The molecule has 7 heteroatoms. The van der Waals surface area contributed by atoms with Gasteiger partial charge in [0.1, 0.15) is 5.75 Å². The van der Waals surface area contributed by atoms with Gasteiger partial charge in [0.05, 0.1) is 6.10 Å². The molecule has 0 aliphatic carbocycles. The van der Waals surface area contributed by atoms with Crippen molar-refractivity contribution in [3.05, 3.63) is 24.3 Å². The molecule has 0 aromatic heterocycles. The fraction of sp³-hybridized carbons (Fsp3) is 0.533. The van der Waals surface area contributed by atoms with Gasteiger partial charge in [-0.3, -0.25) is 0 Å². The minimum absolute atomic E-state index is 0.000568. The number of halogens is 2. The van der Waals surface area contributed by atoms with Crippen molar-refractivity contribution in [2.24, 2.45) is 5.92 Å². The van der Waals surface area contributed by atoms with Crippen LogP contribution in [0.3, 0.4) is 0 Å². The molecule has 1 atom stereocenters. The number of carbonyl (C=O) groups is 1. The number of aliphatic hydroxyl groups is 1. The number of likely N-dealkylation sites (tertiary alicyclic amines) is 1. The molecule has 1 aliphatic rings. The van der Waals surface area contributed by atoms with E-state index in [1.54, 1.807) is 17.9 Å². The molecular weight excluding hydrogens is 294 g/mol. The number of nitrogens with zero attached hydrogens (tertiary/aromatic N) is 1. The molecule has 1 aromatic rings. The van der Waals surface area contributed by atoms with Crippen molar-refractivity contribution in [2.45, 2.75) is 32.5 Å². The highest BCUT2D eigenvalue weighted by Crippen LogP contribution is 2.23. The van der Waals surface area contributed by atoms with Gasteiger partial charge in [-0.05, 0) is 37.8 Å². The molecule has 2 N–H and O–H groups in total. The van der Waals surface area contributed by atoms with E-state index < -0.39 is 6.61 Å². The van der Waals surface area contributed by atoms with Gasteiger partial charge < -0.3 is 20.1 Å². The van der Waals surface area contributed by atoms with Crippen LogP contribution in [0.15, 0.2) is 24.3 Å². The summed E-state index contributed by atoms with van der Waals surface area (Å²) in [6.07, 6.45) is 1.13. The Bertz CT molecular complexity index is 503. The molecule has 1 aliphatic heterocycles. The lowest BCUT2D eigenvalue weighted by Gasteiger charge is -2.33. The third-order valence-electron chi connectivity index (χ3n) is 3.82. The first-order valence-corrected chi connectivity index (χ1v) is 7.24. The van der Waals surface area contributed by atoms with Gasteiger partial charge in [0, 0.05) is 24.8 Å². The molecule has 122 valence electrons. The van der Waals surface area contributed by atoms with E-state index in [1.807, 2.05) is 0 Å². The molecule has 0 radical (unpaired) electrons. The van der Waals surface area contributed by atoms with E-state index >= 15 is 0 Å². The Morgan fingerprint density at radius 1 is 1.41 bits per heavy atom. The number of anilines is 1.